The second-order valence-corrected chi connectivity index (χ2v) is 10.4. The highest BCUT2D eigenvalue weighted by molar-refractivity contribution is 5.58. The first-order valence-electron chi connectivity index (χ1n) is 12.5. The predicted octanol–water partition coefficient (Wildman–Crippen LogP) is 7.57. The summed E-state index contributed by atoms with van der Waals surface area (Å²) in [7, 11) is 0. The van der Waals surface area contributed by atoms with Crippen LogP contribution in [0, 0.1) is 10.8 Å². The third-order valence-corrected chi connectivity index (χ3v) is 7.35. The van der Waals surface area contributed by atoms with E-state index >= 15 is 0 Å². The average Bonchev–Trinajstić information content (AvgIpc) is 2.77. The molecule has 0 aliphatic carbocycles. The molecule has 32 heavy (non-hydrogen) atoms. The molecule has 0 saturated carbocycles. The van der Waals surface area contributed by atoms with E-state index < -0.39 is 0 Å². The largest absolute Gasteiger partial charge is 0.354 e. The van der Waals surface area contributed by atoms with Gasteiger partial charge in [0.05, 0.1) is 0 Å². The zero-order chi connectivity index (χ0) is 23.8. The summed E-state index contributed by atoms with van der Waals surface area (Å²) < 4.78 is 0. The summed E-state index contributed by atoms with van der Waals surface area (Å²) >= 11 is 0. The van der Waals surface area contributed by atoms with Gasteiger partial charge in [-0.1, -0.05) is 91.6 Å². The molecule has 1 atom stereocenters. The minimum Gasteiger partial charge on any atom is -0.354 e. The summed E-state index contributed by atoms with van der Waals surface area (Å²) in [4.78, 5) is 14.5. The fourth-order valence-corrected chi connectivity index (χ4v) is 4.60. The van der Waals surface area contributed by atoms with E-state index in [1.165, 1.54) is 0 Å². The van der Waals surface area contributed by atoms with E-state index in [1.54, 1.807) is 0 Å². The fourth-order valence-electron chi connectivity index (χ4n) is 4.60. The molecule has 0 radical (unpaired) electrons. The normalized spacial score (nSPS) is 14.1. The molecule has 0 spiro atoms. The summed E-state index contributed by atoms with van der Waals surface area (Å²) in [6.07, 6.45) is 6.67. The van der Waals surface area contributed by atoms with E-state index in [9.17, 15) is 0 Å². The van der Waals surface area contributed by atoms with Crippen LogP contribution in [0.5, 0.6) is 0 Å². The van der Waals surface area contributed by atoms with Gasteiger partial charge in [0, 0.05) is 17.6 Å². The first kappa shape index (κ1) is 26.1. The zero-order valence-corrected chi connectivity index (χ0v) is 21.7. The number of benzene rings is 1. The molecule has 178 valence electrons. The topological polar surface area (TPSA) is 62.7 Å². The van der Waals surface area contributed by atoms with Crippen molar-refractivity contribution in [2.45, 2.75) is 99.5 Å². The van der Waals surface area contributed by atoms with Crippen LogP contribution in [0.1, 0.15) is 93.9 Å². The first-order chi connectivity index (χ1) is 15.1. The van der Waals surface area contributed by atoms with Gasteiger partial charge in [0.25, 0.3) is 0 Å². The van der Waals surface area contributed by atoms with Crippen LogP contribution in [0.4, 0.5) is 11.9 Å². The van der Waals surface area contributed by atoms with Crippen LogP contribution < -0.4 is 10.6 Å². The van der Waals surface area contributed by atoms with Crippen molar-refractivity contribution in [2.75, 3.05) is 17.2 Å². The molecule has 1 unspecified atom stereocenters. The Balaban J connectivity index is 2.46. The molecule has 0 aliphatic heterocycles. The lowest BCUT2D eigenvalue weighted by Gasteiger charge is -2.47. The van der Waals surface area contributed by atoms with Gasteiger partial charge in [-0.3, -0.25) is 0 Å². The molecule has 1 heterocycles. The lowest BCUT2D eigenvalue weighted by Crippen LogP contribution is -2.50. The summed E-state index contributed by atoms with van der Waals surface area (Å²) in [5.74, 6) is 1.99. The van der Waals surface area contributed by atoms with E-state index in [0.29, 0.717) is 17.7 Å². The minimum absolute atomic E-state index is 0.112. The van der Waals surface area contributed by atoms with E-state index in [1.807, 2.05) is 18.2 Å². The average molecular weight is 440 g/mol. The van der Waals surface area contributed by atoms with Crippen LogP contribution in [0.25, 0.3) is 11.4 Å². The molecule has 0 saturated heterocycles. The highest BCUT2D eigenvalue weighted by Crippen LogP contribution is 2.42. The monoisotopic (exact) mass is 439 g/mol. The quantitative estimate of drug-likeness (QED) is 0.337. The van der Waals surface area contributed by atoms with E-state index in [2.05, 4.69) is 78.2 Å². The Morgan fingerprint density at radius 2 is 1.34 bits per heavy atom. The lowest BCUT2D eigenvalue weighted by molar-refractivity contribution is 0.151. The molecular weight excluding hydrogens is 394 g/mol. The summed E-state index contributed by atoms with van der Waals surface area (Å²) in [6, 6.07) is 10.2. The fraction of sp³-hybridized carbons (Fsp3) is 0.667. The maximum Gasteiger partial charge on any atom is 0.228 e. The van der Waals surface area contributed by atoms with Crippen molar-refractivity contribution in [3.8, 4) is 11.4 Å². The molecule has 5 nitrogen and oxygen atoms in total. The van der Waals surface area contributed by atoms with Crippen LogP contribution in [-0.4, -0.2) is 27.0 Å². The molecular formula is C27H45N5. The summed E-state index contributed by atoms with van der Waals surface area (Å²) in [5.41, 5.74) is 1.21. The number of hydrogen-bond acceptors (Lipinski definition) is 5. The molecule has 1 aromatic carbocycles. The van der Waals surface area contributed by atoms with Crippen molar-refractivity contribution < 1.29 is 0 Å². The summed E-state index contributed by atoms with van der Waals surface area (Å²) in [5, 5.41) is 7.27. The standard InChI is InChI=1S/C27H45N5/c1-9-18-25(5,6)20-28-23-29-22(21-16-14-13-15-17-21)30-24(31-23)32-27(8,19-10-2)26(7,11-3)12-4/h13-17H,9-12,18-20H2,1-8H3,(H2,28,29,30,31,32). The molecule has 0 fully saturated rings. The van der Waals surface area contributed by atoms with Gasteiger partial charge in [0.15, 0.2) is 5.82 Å². The van der Waals surface area contributed by atoms with Crippen molar-refractivity contribution >= 4 is 11.9 Å². The number of anilines is 2. The Hall–Kier alpha value is -2.17. The number of hydrogen-bond donors (Lipinski definition) is 2. The molecule has 2 aromatic rings. The van der Waals surface area contributed by atoms with Crippen LogP contribution >= 0.6 is 0 Å². The van der Waals surface area contributed by atoms with Crippen LogP contribution in [0.15, 0.2) is 30.3 Å². The highest BCUT2D eigenvalue weighted by Gasteiger charge is 2.42. The smallest absolute Gasteiger partial charge is 0.228 e. The Kier molecular flexibility index (Phi) is 9.06. The maximum atomic E-state index is 4.86. The van der Waals surface area contributed by atoms with Crippen LogP contribution in [0.2, 0.25) is 0 Å². The van der Waals surface area contributed by atoms with E-state index in [4.69, 9.17) is 15.0 Å². The van der Waals surface area contributed by atoms with Gasteiger partial charge in [0.1, 0.15) is 0 Å². The third-order valence-electron chi connectivity index (χ3n) is 7.35. The molecule has 2 N–H and O–H groups in total. The third kappa shape index (κ3) is 6.43. The van der Waals surface area contributed by atoms with Crippen molar-refractivity contribution in [3.63, 3.8) is 0 Å². The molecule has 0 amide bonds. The van der Waals surface area contributed by atoms with Gasteiger partial charge in [-0.05, 0) is 43.4 Å². The van der Waals surface area contributed by atoms with Crippen molar-refractivity contribution in [1.29, 1.82) is 0 Å². The number of nitrogens with zero attached hydrogens (tertiary/aromatic N) is 3. The van der Waals surface area contributed by atoms with Gasteiger partial charge in [-0.25, -0.2) is 0 Å². The number of rotatable bonds is 13. The van der Waals surface area contributed by atoms with Crippen molar-refractivity contribution in [1.82, 2.24) is 15.0 Å². The molecule has 1 aromatic heterocycles. The van der Waals surface area contributed by atoms with E-state index in [-0.39, 0.29) is 16.4 Å². The van der Waals surface area contributed by atoms with Gasteiger partial charge in [-0.2, -0.15) is 15.0 Å². The SMILES string of the molecule is CCCC(C)(C)CNc1nc(NC(C)(CCC)C(C)(CC)CC)nc(-c2ccccc2)n1. The molecule has 0 bridgehead atoms. The zero-order valence-electron chi connectivity index (χ0n) is 21.7. The Bertz CT molecular complexity index is 829. The highest BCUT2D eigenvalue weighted by atomic mass is 15.2. The van der Waals surface area contributed by atoms with Crippen LogP contribution in [-0.2, 0) is 0 Å². The Morgan fingerprint density at radius 3 is 1.91 bits per heavy atom. The molecule has 0 aliphatic rings. The number of nitrogens with one attached hydrogen (secondary N) is 2. The van der Waals surface area contributed by atoms with Gasteiger partial charge >= 0.3 is 0 Å². The molecule has 2 rings (SSSR count). The van der Waals surface area contributed by atoms with Gasteiger partial charge in [0.2, 0.25) is 11.9 Å². The second-order valence-electron chi connectivity index (χ2n) is 10.4. The Labute approximate surface area is 196 Å². The molecule has 5 heteroatoms. The van der Waals surface area contributed by atoms with Crippen LogP contribution in [0.3, 0.4) is 0 Å². The lowest BCUT2D eigenvalue weighted by atomic mass is 9.66. The Morgan fingerprint density at radius 1 is 0.750 bits per heavy atom. The predicted molar refractivity (Wildman–Crippen MR) is 138 cm³/mol. The van der Waals surface area contributed by atoms with E-state index in [0.717, 1.165) is 50.6 Å². The summed E-state index contributed by atoms with van der Waals surface area (Å²) in [6.45, 7) is 19.1. The maximum absolute atomic E-state index is 4.86. The minimum atomic E-state index is -0.112. The second kappa shape index (κ2) is 11.1. The first-order valence-corrected chi connectivity index (χ1v) is 12.5. The van der Waals surface area contributed by atoms with Crippen molar-refractivity contribution in [2.24, 2.45) is 10.8 Å². The number of aromatic nitrogens is 3. The van der Waals surface area contributed by atoms with Gasteiger partial charge < -0.3 is 10.6 Å². The van der Waals surface area contributed by atoms with Crippen molar-refractivity contribution in [3.05, 3.63) is 30.3 Å². The van der Waals surface area contributed by atoms with Gasteiger partial charge in [-0.15, -0.1) is 0 Å².